The van der Waals surface area contributed by atoms with E-state index in [1.807, 2.05) is 0 Å². The Morgan fingerprint density at radius 1 is 1.41 bits per heavy atom. The average molecular weight is 311 g/mol. The van der Waals surface area contributed by atoms with Gasteiger partial charge in [0.1, 0.15) is 5.82 Å². The van der Waals surface area contributed by atoms with E-state index in [0.717, 1.165) is 18.2 Å². The summed E-state index contributed by atoms with van der Waals surface area (Å²) < 4.78 is 40.0. The van der Waals surface area contributed by atoms with Crippen LogP contribution in [0.2, 0.25) is 0 Å². The van der Waals surface area contributed by atoms with E-state index in [9.17, 15) is 18.0 Å². The molecule has 1 rings (SSSR count). The second-order valence-corrected chi connectivity index (χ2v) is 4.43. The number of aliphatic carboxylic acids is 1. The van der Waals surface area contributed by atoms with E-state index in [0.29, 0.717) is 0 Å². The first-order chi connectivity index (χ1) is 7.83. The highest BCUT2D eigenvalue weighted by molar-refractivity contribution is 9.10. The number of rotatable bonds is 5. The number of hydrogen-bond acceptors (Lipinski definition) is 1. The van der Waals surface area contributed by atoms with Crippen LogP contribution in [0, 0.1) is 5.82 Å². The van der Waals surface area contributed by atoms with E-state index in [-0.39, 0.29) is 22.9 Å². The molecule has 1 aromatic rings. The van der Waals surface area contributed by atoms with Crippen molar-refractivity contribution >= 4 is 21.9 Å². The van der Waals surface area contributed by atoms with Crippen molar-refractivity contribution in [2.24, 2.45) is 0 Å². The largest absolute Gasteiger partial charge is 0.481 e. The van der Waals surface area contributed by atoms with Gasteiger partial charge >= 0.3 is 5.97 Å². The zero-order valence-electron chi connectivity index (χ0n) is 8.72. The molecule has 0 aliphatic rings. The molecule has 0 saturated carbocycles. The van der Waals surface area contributed by atoms with Crippen LogP contribution in [0.5, 0.6) is 0 Å². The molecule has 0 aromatic heterocycles. The Morgan fingerprint density at radius 3 is 2.59 bits per heavy atom. The van der Waals surface area contributed by atoms with E-state index >= 15 is 0 Å². The van der Waals surface area contributed by atoms with E-state index in [1.54, 1.807) is 0 Å². The van der Waals surface area contributed by atoms with Gasteiger partial charge in [-0.1, -0.05) is 6.07 Å². The zero-order valence-corrected chi connectivity index (χ0v) is 10.3. The van der Waals surface area contributed by atoms with Crippen molar-refractivity contribution in [1.29, 1.82) is 0 Å². The molecule has 17 heavy (non-hydrogen) atoms. The minimum Gasteiger partial charge on any atom is -0.481 e. The summed E-state index contributed by atoms with van der Waals surface area (Å²) in [6, 6.07) is 2.96. The van der Waals surface area contributed by atoms with Gasteiger partial charge in [0.05, 0.1) is 4.47 Å². The molecule has 0 aliphatic carbocycles. The number of carbonyl (C=O) groups is 1. The van der Waals surface area contributed by atoms with Crippen LogP contribution < -0.4 is 0 Å². The summed E-state index contributed by atoms with van der Waals surface area (Å²) in [5.41, 5.74) is -0.323. The summed E-state index contributed by atoms with van der Waals surface area (Å²) in [6.07, 6.45) is -1.01. The predicted molar refractivity (Wildman–Crippen MR) is 59.5 cm³/mol. The van der Waals surface area contributed by atoms with Gasteiger partial charge in [0.15, 0.2) is 0 Å². The average Bonchev–Trinajstić information content (AvgIpc) is 2.21. The van der Waals surface area contributed by atoms with Crippen molar-refractivity contribution in [3.05, 3.63) is 34.1 Å². The zero-order chi connectivity index (χ0) is 13.1. The predicted octanol–water partition coefficient (Wildman–Crippen LogP) is 3.93. The summed E-state index contributed by atoms with van der Waals surface area (Å²) in [4.78, 5) is 10.2. The Morgan fingerprint density at radius 2 is 2.06 bits per heavy atom. The third kappa shape index (κ3) is 4.03. The Bertz CT molecular complexity index is 421. The highest BCUT2D eigenvalue weighted by Gasteiger charge is 2.31. The lowest BCUT2D eigenvalue weighted by molar-refractivity contribution is -0.137. The first-order valence-corrected chi connectivity index (χ1v) is 5.67. The number of alkyl halides is 2. The van der Waals surface area contributed by atoms with Crippen LogP contribution in [0.3, 0.4) is 0 Å². The smallest absolute Gasteiger partial charge is 0.303 e. The highest BCUT2D eigenvalue weighted by Crippen LogP contribution is 2.35. The van der Waals surface area contributed by atoms with Gasteiger partial charge in [-0.15, -0.1) is 0 Å². The van der Waals surface area contributed by atoms with E-state index < -0.39 is 24.1 Å². The Hall–Kier alpha value is -1.04. The lowest BCUT2D eigenvalue weighted by Crippen LogP contribution is -2.14. The fourth-order valence-electron chi connectivity index (χ4n) is 1.33. The van der Waals surface area contributed by atoms with Gasteiger partial charge < -0.3 is 5.11 Å². The highest BCUT2D eigenvalue weighted by atomic mass is 79.9. The summed E-state index contributed by atoms with van der Waals surface area (Å²) in [7, 11) is 0. The Labute approximate surface area is 105 Å². The van der Waals surface area contributed by atoms with Gasteiger partial charge in [-0.05, 0) is 34.5 Å². The van der Waals surface area contributed by atoms with Crippen LogP contribution in [-0.2, 0) is 10.7 Å². The van der Waals surface area contributed by atoms with Crippen LogP contribution in [-0.4, -0.2) is 11.1 Å². The van der Waals surface area contributed by atoms with Crippen molar-refractivity contribution in [2.75, 3.05) is 0 Å². The molecule has 0 bridgehead atoms. The number of carboxylic acid groups (broad SMARTS) is 1. The van der Waals surface area contributed by atoms with Crippen molar-refractivity contribution in [2.45, 2.75) is 25.2 Å². The Kier molecular flexibility index (Phi) is 4.56. The maximum atomic E-state index is 13.6. The number of carboxylic acids is 1. The van der Waals surface area contributed by atoms with Crippen LogP contribution in [0.25, 0.3) is 0 Å². The topological polar surface area (TPSA) is 37.3 Å². The summed E-state index contributed by atoms with van der Waals surface area (Å²) in [5, 5.41) is 8.36. The molecular weight excluding hydrogens is 301 g/mol. The maximum Gasteiger partial charge on any atom is 0.303 e. The monoisotopic (exact) mass is 310 g/mol. The standard InChI is InChI=1S/C11H10BrF3O2/c12-8-6-7(3-4-9(8)13)11(14,15)5-1-2-10(16)17/h3-4,6H,1-2,5H2,(H,16,17). The van der Waals surface area contributed by atoms with Crippen molar-refractivity contribution in [3.8, 4) is 0 Å². The SMILES string of the molecule is O=C(O)CCCC(F)(F)c1ccc(F)c(Br)c1. The van der Waals surface area contributed by atoms with Crippen molar-refractivity contribution in [1.82, 2.24) is 0 Å². The van der Waals surface area contributed by atoms with E-state index in [1.165, 1.54) is 0 Å². The first kappa shape index (κ1) is 14.0. The third-order valence-electron chi connectivity index (χ3n) is 2.22. The summed E-state index contributed by atoms with van der Waals surface area (Å²) in [5.74, 6) is -4.87. The lowest BCUT2D eigenvalue weighted by Gasteiger charge is -2.16. The molecule has 0 spiro atoms. The molecule has 0 aliphatic heterocycles. The molecule has 0 fully saturated rings. The van der Waals surface area contributed by atoms with Crippen LogP contribution in [0.1, 0.15) is 24.8 Å². The number of halogens is 4. The molecule has 94 valence electrons. The number of hydrogen-bond donors (Lipinski definition) is 1. The van der Waals surface area contributed by atoms with Crippen LogP contribution >= 0.6 is 15.9 Å². The van der Waals surface area contributed by atoms with Crippen molar-refractivity contribution < 1.29 is 23.1 Å². The number of benzene rings is 1. The molecular formula is C11H10BrF3O2. The van der Waals surface area contributed by atoms with Gasteiger partial charge in [0.25, 0.3) is 5.92 Å². The van der Waals surface area contributed by atoms with Gasteiger partial charge in [0.2, 0.25) is 0 Å². The van der Waals surface area contributed by atoms with Gasteiger partial charge in [-0.2, -0.15) is 0 Å². The molecule has 0 unspecified atom stereocenters. The minimum atomic E-state index is -3.15. The molecule has 0 heterocycles. The molecule has 0 atom stereocenters. The van der Waals surface area contributed by atoms with E-state index in [4.69, 9.17) is 5.11 Å². The normalized spacial score (nSPS) is 11.5. The van der Waals surface area contributed by atoms with Gasteiger partial charge in [0, 0.05) is 18.4 Å². The molecule has 0 amide bonds. The molecule has 0 radical (unpaired) electrons. The fourth-order valence-corrected chi connectivity index (χ4v) is 1.71. The fraction of sp³-hybridized carbons (Fsp3) is 0.364. The van der Waals surface area contributed by atoms with E-state index in [2.05, 4.69) is 15.9 Å². The Balaban J connectivity index is 2.74. The lowest BCUT2D eigenvalue weighted by atomic mass is 10.0. The van der Waals surface area contributed by atoms with Gasteiger partial charge in [-0.3, -0.25) is 4.79 Å². The second kappa shape index (κ2) is 5.53. The first-order valence-electron chi connectivity index (χ1n) is 4.88. The molecule has 1 aromatic carbocycles. The summed E-state index contributed by atoms with van der Waals surface area (Å²) >= 11 is 2.83. The van der Waals surface area contributed by atoms with Crippen LogP contribution in [0.15, 0.2) is 22.7 Å². The third-order valence-corrected chi connectivity index (χ3v) is 2.83. The summed E-state index contributed by atoms with van der Waals surface area (Å²) in [6.45, 7) is 0. The van der Waals surface area contributed by atoms with Crippen LogP contribution in [0.4, 0.5) is 13.2 Å². The molecule has 6 heteroatoms. The maximum absolute atomic E-state index is 13.6. The molecule has 2 nitrogen and oxygen atoms in total. The molecule has 0 saturated heterocycles. The quantitative estimate of drug-likeness (QED) is 0.894. The minimum absolute atomic E-state index is 0.0343. The van der Waals surface area contributed by atoms with Gasteiger partial charge in [-0.25, -0.2) is 13.2 Å². The second-order valence-electron chi connectivity index (χ2n) is 3.58. The van der Waals surface area contributed by atoms with Crippen molar-refractivity contribution in [3.63, 3.8) is 0 Å². The molecule has 1 N–H and O–H groups in total.